The van der Waals surface area contributed by atoms with E-state index in [1.807, 2.05) is 0 Å². The van der Waals surface area contributed by atoms with Crippen LogP contribution in [0, 0.1) is 17.6 Å². The number of anilines is 1. The van der Waals surface area contributed by atoms with E-state index >= 15 is 0 Å². The second-order valence-corrected chi connectivity index (χ2v) is 5.28. The van der Waals surface area contributed by atoms with Gasteiger partial charge in [-0.25, -0.2) is 8.78 Å². The molecule has 1 atom stereocenters. The lowest BCUT2D eigenvalue weighted by Crippen LogP contribution is -2.54. The van der Waals surface area contributed by atoms with Crippen molar-refractivity contribution in [3.8, 4) is 0 Å². The van der Waals surface area contributed by atoms with Crippen LogP contribution in [0.5, 0.6) is 0 Å². The number of carbonyl (C=O) groups excluding carboxylic acids is 4. The quantitative estimate of drug-likeness (QED) is 0.578. The maximum Gasteiger partial charge on any atom is 0.249 e. The third-order valence-electron chi connectivity index (χ3n) is 3.51. The first kappa shape index (κ1) is 17.3. The van der Waals surface area contributed by atoms with E-state index in [0.717, 1.165) is 17.0 Å². The van der Waals surface area contributed by atoms with Crippen molar-refractivity contribution >= 4 is 29.3 Å². The molecule has 1 fully saturated rings. The zero-order valence-electron chi connectivity index (χ0n) is 12.3. The van der Waals surface area contributed by atoms with Crippen LogP contribution >= 0.6 is 0 Å². The molecule has 0 aliphatic carbocycles. The van der Waals surface area contributed by atoms with E-state index in [9.17, 15) is 28.0 Å². The van der Waals surface area contributed by atoms with Gasteiger partial charge in [0.2, 0.25) is 23.6 Å². The molecule has 4 amide bonds. The van der Waals surface area contributed by atoms with Gasteiger partial charge >= 0.3 is 0 Å². The molecule has 0 saturated carbocycles. The third kappa shape index (κ3) is 3.65. The SMILES string of the molecule is NC(=O)C(NC(=O)C1CC(=O)N(c2cc(F)cc(F)c2)C1)C(N)=O. The van der Waals surface area contributed by atoms with Crippen LogP contribution in [0.2, 0.25) is 0 Å². The lowest BCUT2D eigenvalue weighted by Gasteiger charge is -2.18. The van der Waals surface area contributed by atoms with Crippen LogP contribution < -0.4 is 21.7 Å². The summed E-state index contributed by atoms with van der Waals surface area (Å²) in [4.78, 5) is 47.2. The second kappa shape index (κ2) is 6.60. The van der Waals surface area contributed by atoms with Crippen molar-refractivity contribution in [1.29, 1.82) is 0 Å². The molecule has 8 nitrogen and oxygen atoms in total. The first-order valence-corrected chi connectivity index (χ1v) is 6.84. The van der Waals surface area contributed by atoms with Gasteiger partial charge in [-0.15, -0.1) is 0 Å². The Bertz CT molecular complexity index is 690. The lowest BCUT2D eigenvalue weighted by molar-refractivity contribution is -0.135. The highest BCUT2D eigenvalue weighted by atomic mass is 19.1. The van der Waals surface area contributed by atoms with Gasteiger partial charge in [0.05, 0.1) is 5.92 Å². The van der Waals surface area contributed by atoms with Crippen LogP contribution in [0.15, 0.2) is 18.2 Å². The largest absolute Gasteiger partial charge is 0.367 e. The van der Waals surface area contributed by atoms with Crippen LogP contribution in [0.4, 0.5) is 14.5 Å². The number of primary amides is 2. The smallest absolute Gasteiger partial charge is 0.249 e. The molecule has 10 heteroatoms. The molecule has 1 aromatic carbocycles. The predicted molar refractivity (Wildman–Crippen MR) is 77.1 cm³/mol. The van der Waals surface area contributed by atoms with Gasteiger partial charge in [0, 0.05) is 24.7 Å². The monoisotopic (exact) mass is 340 g/mol. The average Bonchev–Trinajstić information content (AvgIpc) is 2.84. The number of amides is 4. The number of halogens is 2. The van der Waals surface area contributed by atoms with Crippen LogP contribution in [0.25, 0.3) is 0 Å². The Balaban J connectivity index is 2.12. The predicted octanol–water partition coefficient (Wildman–Crippen LogP) is -1.23. The maximum atomic E-state index is 13.3. The van der Waals surface area contributed by atoms with E-state index in [0.29, 0.717) is 6.07 Å². The molecule has 2 rings (SSSR count). The minimum atomic E-state index is -1.70. The molecule has 0 aromatic heterocycles. The lowest BCUT2D eigenvalue weighted by atomic mass is 10.1. The number of hydrogen-bond donors (Lipinski definition) is 3. The van der Waals surface area contributed by atoms with Gasteiger partial charge in [-0.3, -0.25) is 19.2 Å². The van der Waals surface area contributed by atoms with Crippen LogP contribution in [0.1, 0.15) is 6.42 Å². The number of carbonyl (C=O) groups is 4. The molecule has 1 unspecified atom stereocenters. The minimum absolute atomic E-state index is 0.0332. The fourth-order valence-electron chi connectivity index (χ4n) is 2.37. The summed E-state index contributed by atoms with van der Waals surface area (Å²) in [7, 11) is 0. The summed E-state index contributed by atoms with van der Waals surface area (Å²) < 4.78 is 26.5. The van der Waals surface area contributed by atoms with Gasteiger partial charge in [-0.2, -0.15) is 0 Å². The summed E-state index contributed by atoms with van der Waals surface area (Å²) in [5.74, 6) is -6.25. The Morgan fingerprint density at radius 1 is 1.12 bits per heavy atom. The standard InChI is InChI=1S/C14H14F2N4O4/c15-7-2-8(16)4-9(3-7)20-5-6(1-10(20)21)14(24)19-11(12(17)22)13(18)23/h2-4,6,11H,1,5H2,(H2,17,22)(H2,18,23)(H,19,24). The number of hydrogen-bond acceptors (Lipinski definition) is 4. The Kier molecular flexibility index (Phi) is 4.77. The number of nitrogens with two attached hydrogens (primary N) is 2. The third-order valence-corrected chi connectivity index (χ3v) is 3.51. The molecule has 1 heterocycles. The van der Waals surface area contributed by atoms with Gasteiger partial charge in [-0.05, 0) is 12.1 Å². The van der Waals surface area contributed by atoms with E-state index < -0.39 is 47.2 Å². The molecule has 128 valence electrons. The Morgan fingerprint density at radius 2 is 1.67 bits per heavy atom. The maximum absolute atomic E-state index is 13.3. The summed E-state index contributed by atoms with van der Waals surface area (Å²) in [6, 6.07) is 0.861. The second-order valence-electron chi connectivity index (χ2n) is 5.28. The van der Waals surface area contributed by atoms with Crippen molar-refractivity contribution in [3.05, 3.63) is 29.8 Å². The van der Waals surface area contributed by atoms with Crippen molar-refractivity contribution in [3.63, 3.8) is 0 Å². The molecule has 1 aliphatic heterocycles. The Hall–Kier alpha value is -3.04. The summed E-state index contributed by atoms with van der Waals surface area (Å²) >= 11 is 0. The average molecular weight is 340 g/mol. The fraction of sp³-hybridized carbons (Fsp3) is 0.286. The van der Waals surface area contributed by atoms with E-state index in [2.05, 4.69) is 5.32 Å². The van der Waals surface area contributed by atoms with Crippen LogP contribution in [0.3, 0.4) is 0 Å². The highest BCUT2D eigenvalue weighted by molar-refractivity contribution is 6.07. The molecule has 5 N–H and O–H groups in total. The minimum Gasteiger partial charge on any atom is -0.367 e. The first-order chi connectivity index (χ1) is 11.2. The molecule has 0 bridgehead atoms. The molecule has 0 radical (unpaired) electrons. The Morgan fingerprint density at radius 3 is 2.17 bits per heavy atom. The molecule has 1 saturated heterocycles. The van der Waals surface area contributed by atoms with E-state index in [4.69, 9.17) is 11.5 Å². The number of nitrogens with one attached hydrogen (secondary N) is 1. The fourth-order valence-corrected chi connectivity index (χ4v) is 2.37. The highest BCUT2D eigenvalue weighted by Crippen LogP contribution is 2.26. The summed E-state index contributed by atoms with van der Waals surface area (Å²) in [6.07, 6.45) is -0.256. The molecular formula is C14H14F2N4O4. The Labute approximate surface area is 134 Å². The van der Waals surface area contributed by atoms with Crippen molar-refractivity contribution in [2.45, 2.75) is 12.5 Å². The van der Waals surface area contributed by atoms with Gasteiger partial charge in [0.1, 0.15) is 11.6 Å². The van der Waals surface area contributed by atoms with Gasteiger partial charge in [0.15, 0.2) is 6.04 Å². The van der Waals surface area contributed by atoms with Crippen LogP contribution in [-0.4, -0.2) is 36.2 Å². The van der Waals surface area contributed by atoms with Gasteiger partial charge in [-0.1, -0.05) is 0 Å². The topological polar surface area (TPSA) is 136 Å². The summed E-state index contributed by atoms with van der Waals surface area (Å²) in [6.45, 7) is -0.169. The molecule has 1 aromatic rings. The van der Waals surface area contributed by atoms with Crippen LogP contribution in [-0.2, 0) is 19.2 Å². The molecular weight excluding hydrogens is 326 g/mol. The van der Waals surface area contributed by atoms with Gasteiger partial charge < -0.3 is 21.7 Å². The zero-order chi connectivity index (χ0) is 18.0. The normalized spacial score (nSPS) is 17.2. The molecule has 1 aliphatic rings. The summed E-state index contributed by atoms with van der Waals surface area (Å²) in [5, 5.41) is 2.06. The van der Waals surface area contributed by atoms with E-state index in [-0.39, 0.29) is 18.7 Å². The van der Waals surface area contributed by atoms with E-state index in [1.165, 1.54) is 0 Å². The van der Waals surface area contributed by atoms with Crippen molar-refractivity contribution in [1.82, 2.24) is 5.32 Å². The number of nitrogens with zero attached hydrogens (tertiary/aromatic N) is 1. The number of benzene rings is 1. The van der Waals surface area contributed by atoms with Crippen molar-refractivity contribution in [2.75, 3.05) is 11.4 Å². The summed E-state index contributed by atoms with van der Waals surface area (Å²) in [5.41, 5.74) is 9.86. The zero-order valence-corrected chi connectivity index (χ0v) is 12.3. The first-order valence-electron chi connectivity index (χ1n) is 6.84. The van der Waals surface area contributed by atoms with Crippen molar-refractivity contribution < 1.29 is 28.0 Å². The van der Waals surface area contributed by atoms with Gasteiger partial charge in [0.25, 0.3) is 0 Å². The molecule has 0 spiro atoms. The van der Waals surface area contributed by atoms with Crippen molar-refractivity contribution in [2.24, 2.45) is 17.4 Å². The molecule has 24 heavy (non-hydrogen) atoms. The number of rotatable bonds is 5. The highest BCUT2D eigenvalue weighted by Gasteiger charge is 2.37. The van der Waals surface area contributed by atoms with E-state index in [1.54, 1.807) is 0 Å².